The number of hydrogen-bond acceptors (Lipinski definition) is 5. The van der Waals surface area contributed by atoms with Gasteiger partial charge in [0.2, 0.25) is 0 Å². The van der Waals surface area contributed by atoms with Gasteiger partial charge < -0.3 is 10.3 Å². The number of thioether (sulfide) groups is 1. The van der Waals surface area contributed by atoms with Crippen LogP contribution in [0.25, 0.3) is 0 Å². The minimum Gasteiger partial charge on any atom is -0.379 e. The monoisotopic (exact) mass is 485 g/mol. The van der Waals surface area contributed by atoms with E-state index in [1.807, 2.05) is 25.1 Å². The van der Waals surface area contributed by atoms with Crippen LogP contribution >= 0.6 is 34.4 Å². The number of amidine groups is 1. The Balaban J connectivity index is 1.76. The van der Waals surface area contributed by atoms with Crippen LogP contribution < -0.4 is 5.73 Å². The second-order valence-corrected chi connectivity index (χ2v) is 9.49. The predicted molar refractivity (Wildman–Crippen MR) is 111 cm³/mol. The first-order valence-electron chi connectivity index (χ1n) is 8.85. The van der Waals surface area contributed by atoms with Crippen molar-refractivity contribution in [2.45, 2.75) is 44.1 Å². The van der Waals surface area contributed by atoms with Crippen LogP contribution in [0.15, 0.2) is 33.8 Å². The quantitative estimate of drug-likeness (QED) is 0.611. The molecular weight excluding hydrogens is 464 g/mol. The smallest absolute Gasteiger partial charge is 0.154 e. The van der Waals surface area contributed by atoms with Crippen LogP contribution in [0.3, 0.4) is 0 Å². The van der Waals surface area contributed by atoms with Gasteiger partial charge in [-0.3, -0.25) is 4.99 Å². The fourth-order valence-electron chi connectivity index (χ4n) is 4.34. The van der Waals surface area contributed by atoms with Crippen molar-refractivity contribution in [3.05, 3.63) is 50.7 Å². The van der Waals surface area contributed by atoms with Crippen molar-refractivity contribution >= 4 is 39.5 Å². The highest BCUT2D eigenvalue weighted by molar-refractivity contribution is 14.1. The van der Waals surface area contributed by atoms with E-state index < -0.39 is 5.54 Å². The molecule has 0 radical (unpaired) electrons. The third kappa shape index (κ3) is 3.28. The number of nitrogens with zero attached hydrogens (tertiary/aromatic N) is 2. The van der Waals surface area contributed by atoms with Crippen molar-refractivity contribution in [1.82, 2.24) is 5.16 Å². The summed E-state index contributed by atoms with van der Waals surface area (Å²) in [6.45, 7) is 1.94. The molecule has 7 heteroatoms. The van der Waals surface area contributed by atoms with Gasteiger partial charge in [-0.05, 0) is 73.2 Å². The van der Waals surface area contributed by atoms with E-state index in [1.165, 1.54) is 0 Å². The first-order chi connectivity index (χ1) is 12.5. The first-order valence-corrected chi connectivity index (χ1v) is 10.9. The van der Waals surface area contributed by atoms with Crippen LogP contribution in [-0.2, 0) is 5.54 Å². The molecule has 1 aliphatic heterocycles. The van der Waals surface area contributed by atoms with Gasteiger partial charge in [0.1, 0.15) is 11.6 Å². The molecule has 1 aromatic carbocycles. The average molecular weight is 485 g/mol. The SMILES string of the molecule is Cc1cc([C@@H]2CCC[C@]3(c4ccc(I)cc4F)N=C(N)SC[C@@H]3C2)on1. The summed E-state index contributed by atoms with van der Waals surface area (Å²) in [7, 11) is 0. The molecule has 2 N–H and O–H groups in total. The van der Waals surface area contributed by atoms with Crippen LogP contribution in [0.2, 0.25) is 0 Å². The van der Waals surface area contributed by atoms with Gasteiger partial charge in [0, 0.05) is 26.9 Å². The molecule has 1 aromatic heterocycles. The third-order valence-corrected chi connectivity index (χ3v) is 7.17. The van der Waals surface area contributed by atoms with E-state index in [0.717, 1.165) is 46.5 Å². The zero-order valence-electron chi connectivity index (χ0n) is 14.5. The molecule has 2 heterocycles. The van der Waals surface area contributed by atoms with Gasteiger partial charge in [0.15, 0.2) is 5.17 Å². The molecule has 0 unspecified atom stereocenters. The normalized spacial score (nSPS) is 29.0. The van der Waals surface area contributed by atoms with E-state index in [0.29, 0.717) is 16.6 Å². The van der Waals surface area contributed by atoms with Crippen LogP contribution in [0.4, 0.5) is 4.39 Å². The van der Waals surface area contributed by atoms with Crippen LogP contribution in [0.1, 0.15) is 48.6 Å². The second-order valence-electron chi connectivity index (χ2n) is 7.20. The van der Waals surface area contributed by atoms with E-state index in [-0.39, 0.29) is 11.7 Å². The predicted octanol–water partition coefficient (Wildman–Crippen LogP) is 4.96. The minimum atomic E-state index is -0.576. The van der Waals surface area contributed by atoms with Gasteiger partial charge >= 0.3 is 0 Å². The molecular formula is C19H21FIN3OS. The van der Waals surface area contributed by atoms with Gasteiger partial charge in [-0.2, -0.15) is 0 Å². The molecule has 138 valence electrons. The molecule has 0 spiro atoms. The number of nitrogens with two attached hydrogens (primary N) is 1. The molecule has 1 fully saturated rings. The van der Waals surface area contributed by atoms with E-state index in [1.54, 1.807) is 17.8 Å². The maximum atomic E-state index is 14.9. The molecule has 0 saturated heterocycles. The fraction of sp³-hybridized carbons (Fsp3) is 0.474. The van der Waals surface area contributed by atoms with E-state index in [4.69, 9.17) is 15.2 Å². The number of hydrogen-bond donors (Lipinski definition) is 1. The summed E-state index contributed by atoms with van der Waals surface area (Å²) >= 11 is 3.71. The molecule has 0 amide bonds. The van der Waals surface area contributed by atoms with Crippen LogP contribution in [-0.4, -0.2) is 16.1 Å². The summed E-state index contributed by atoms with van der Waals surface area (Å²) < 4.78 is 21.4. The lowest BCUT2D eigenvalue weighted by atomic mass is 9.74. The van der Waals surface area contributed by atoms with Crippen molar-refractivity contribution in [2.24, 2.45) is 16.6 Å². The van der Waals surface area contributed by atoms with Crippen molar-refractivity contribution in [3.63, 3.8) is 0 Å². The zero-order valence-corrected chi connectivity index (χ0v) is 17.5. The Morgan fingerprint density at radius 1 is 1.38 bits per heavy atom. The van der Waals surface area contributed by atoms with Crippen molar-refractivity contribution in [3.8, 4) is 0 Å². The number of aliphatic imine (C=N–C) groups is 1. The Kier molecular flexibility index (Phi) is 5.02. The van der Waals surface area contributed by atoms with E-state index in [9.17, 15) is 4.39 Å². The summed E-state index contributed by atoms with van der Waals surface area (Å²) in [6.07, 6.45) is 3.66. The molecule has 1 aliphatic carbocycles. The molecule has 1 saturated carbocycles. The van der Waals surface area contributed by atoms with E-state index >= 15 is 0 Å². The molecule has 2 aromatic rings. The number of halogens is 2. The Labute approximate surface area is 170 Å². The fourth-order valence-corrected chi connectivity index (χ4v) is 5.80. The average Bonchev–Trinajstić information content (AvgIpc) is 2.92. The highest BCUT2D eigenvalue weighted by atomic mass is 127. The van der Waals surface area contributed by atoms with Crippen molar-refractivity contribution < 1.29 is 8.91 Å². The lowest BCUT2D eigenvalue weighted by Gasteiger charge is -2.40. The Hall–Kier alpha value is -1.09. The lowest BCUT2D eigenvalue weighted by molar-refractivity contribution is 0.260. The van der Waals surface area contributed by atoms with Gasteiger partial charge in [0.05, 0.1) is 11.2 Å². The largest absolute Gasteiger partial charge is 0.379 e. The number of aromatic nitrogens is 1. The standard InChI is InChI=1S/C19H21FIN3OS/c1-11-7-17(25-24-11)12-3-2-6-19(13(8-12)10-26-18(22)23-19)15-5-4-14(21)9-16(15)20/h4-5,7,9,12-13H,2-3,6,8,10H2,1H3,(H2,22,23)/t12-,13+,19+/m1/s1. The highest BCUT2D eigenvalue weighted by Gasteiger charge is 2.47. The van der Waals surface area contributed by atoms with Gasteiger partial charge in [-0.25, -0.2) is 4.39 Å². The van der Waals surface area contributed by atoms with E-state index in [2.05, 4.69) is 27.7 Å². The highest BCUT2D eigenvalue weighted by Crippen LogP contribution is 2.51. The molecule has 4 nitrogen and oxygen atoms in total. The lowest BCUT2D eigenvalue weighted by Crippen LogP contribution is -2.40. The summed E-state index contributed by atoms with van der Waals surface area (Å²) in [5.74, 6) is 2.12. The molecule has 4 rings (SSSR count). The summed E-state index contributed by atoms with van der Waals surface area (Å²) in [4.78, 5) is 4.86. The third-order valence-electron chi connectivity index (χ3n) is 5.54. The summed E-state index contributed by atoms with van der Waals surface area (Å²) in [5, 5.41) is 4.61. The van der Waals surface area contributed by atoms with Crippen molar-refractivity contribution in [1.29, 1.82) is 0 Å². The Morgan fingerprint density at radius 2 is 2.23 bits per heavy atom. The molecule has 26 heavy (non-hydrogen) atoms. The van der Waals surface area contributed by atoms with Crippen LogP contribution in [0.5, 0.6) is 0 Å². The Morgan fingerprint density at radius 3 is 2.96 bits per heavy atom. The van der Waals surface area contributed by atoms with Gasteiger partial charge in [-0.1, -0.05) is 23.0 Å². The molecule has 0 bridgehead atoms. The number of benzene rings is 1. The molecule has 3 atom stereocenters. The zero-order chi connectivity index (χ0) is 18.3. The Bertz CT molecular complexity index is 855. The maximum absolute atomic E-state index is 14.9. The maximum Gasteiger partial charge on any atom is 0.154 e. The minimum absolute atomic E-state index is 0.181. The number of fused-ring (bicyclic) bond motifs is 1. The summed E-state index contributed by atoms with van der Waals surface area (Å²) in [5.41, 5.74) is 7.11. The van der Waals surface area contributed by atoms with Crippen molar-refractivity contribution in [2.75, 3.05) is 5.75 Å². The second kappa shape index (κ2) is 7.14. The topological polar surface area (TPSA) is 64.4 Å². The van der Waals surface area contributed by atoms with Gasteiger partial charge in [-0.15, -0.1) is 0 Å². The van der Waals surface area contributed by atoms with Gasteiger partial charge in [0.25, 0.3) is 0 Å². The molecule has 2 aliphatic rings. The van der Waals surface area contributed by atoms with Crippen LogP contribution in [0, 0.1) is 22.2 Å². The number of aryl methyl sites for hydroxylation is 1. The summed E-state index contributed by atoms with van der Waals surface area (Å²) in [6, 6.07) is 7.48. The number of rotatable bonds is 2. The first kappa shape index (κ1) is 18.3.